The Labute approximate surface area is 130 Å². The van der Waals surface area contributed by atoms with Gasteiger partial charge in [-0.2, -0.15) is 0 Å². The Balaban J connectivity index is 0.000000550. The van der Waals surface area contributed by atoms with Gasteiger partial charge in [-0.25, -0.2) is 0 Å². The van der Waals surface area contributed by atoms with Crippen molar-refractivity contribution in [2.75, 3.05) is 0 Å². The fraction of sp³-hybridized carbons (Fsp3) is 0.294. The average molecular weight is 340 g/mol. The van der Waals surface area contributed by atoms with Crippen molar-refractivity contribution in [3.63, 3.8) is 0 Å². The summed E-state index contributed by atoms with van der Waals surface area (Å²) in [7, 11) is 0. The van der Waals surface area contributed by atoms with Crippen LogP contribution in [-0.4, -0.2) is 0 Å². The van der Waals surface area contributed by atoms with Gasteiger partial charge in [0.25, 0.3) is 0 Å². The Bertz CT molecular complexity index is 500. The molecule has 1 aromatic rings. The summed E-state index contributed by atoms with van der Waals surface area (Å²) in [6, 6.07) is 8.31. The molecule has 0 aromatic heterocycles. The van der Waals surface area contributed by atoms with Crippen molar-refractivity contribution in [3.05, 3.63) is 64.2 Å². The molecule has 0 nitrogen and oxygen atoms in total. The summed E-state index contributed by atoms with van der Waals surface area (Å²) in [4.78, 5) is 0. The highest BCUT2D eigenvalue weighted by Gasteiger charge is 2.25. The molecular weight excluding hydrogens is 320 g/mol. The largest absolute Gasteiger partial charge is 0.117 e. The average Bonchev–Trinajstić information content (AvgIpc) is 2.48. The van der Waals surface area contributed by atoms with E-state index in [0.29, 0.717) is 5.92 Å². The minimum atomic E-state index is 0.0358. The van der Waals surface area contributed by atoms with Crippen LogP contribution in [0.3, 0.4) is 0 Å². The van der Waals surface area contributed by atoms with Crippen LogP contribution < -0.4 is 0 Å². The molecule has 0 radical (unpaired) electrons. The van der Waals surface area contributed by atoms with E-state index in [1.165, 1.54) is 16.7 Å². The van der Waals surface area contributed by atoms with Crippen molar-refractivity contribution in [2.24, 2.45) is 5.92 Å². The molecule has 19 heavy (non-hydrogen) atoms. The summed E-state index contributed by atoms with van der Waals surface area (Å²) < 4.78 is 1.14. The van der Waals surface area contributed by atoms with E-state index in [1.54, 1.807) is 6.08 Å². The fourth-order valence-corrected chi connectivity index (χ4v) is 3.33. The number of allylic oxidation sites excluding steroid dienone is 4. The molecule has 0 saturated heterocycles. The van der Waals surface area contributed by atoms with Gasteiger partial charge in [-0.1, -0.05) is 59.3 Å². The molecule has 1 aliphatic carbocycles. The second-order valence-electron chi connectivity index (χ2n) is 4.46. The highest BCUT2D eigenvalue weighted by Crippen LogP contribution is 2.43. The van der Waals surface area contributed by atoms with Gasteiger partial charge in [-0.15, -0.1) is 18.2 Å². The molecule has 0 N–H and O–H groups in total. The van der Waals surface area contributed by atoms with Crippen molar-refractivity contribution < 1.29 is 0 Å². The molecule has 0 spiro atoms. The van der Waals surface area contributed by atoms with Crippen LogP contribution in [0.5, 0.6) is 0 Å². The highest BCUT2D eigenvalue weighted by molar-refractivity contribution is 9.12. The van der Waals surface area contributed by atoms with Gasteiger partial charge in [0, 0.05) is 10.4 Å². The Morgan fingerprint density at radius 2 is 1.84 bits per heavy atom. The first kappa shape index (κ1) is 16.3. The van der Waals surface area contributed by atoms with Gasteiger partial charge >= 0.3 is 0 Å². The van der Waals surface area contributed by atoms with Crippen LogP contribution in [0.4, 0.5) is 0 Å². The van der Waals surface area contributed by atoms with Crippen LogP contribution >= 0.6 is 27.5 Å². The van der Waals surface area contributed by atoms with E-state index >= 15 is 0 Å². The van der Waals surface area contributed by atoms with Crippen molar-refractivity contribution in [2.45, 2.75) is 26.1 Å². The summed E-state index contributed by atoms with van der Waals surface area (Å²) >= 11 is 10.2. The van der Waals surface area contributed by atoms with E-state index in [2.05, 4.69) is 60.6 Å². The van der Waals surface area contributed by atoms with Crippen LogP contribution in [0.1, 0.15) is 37.3 Å². The van der Waals surface area contributed by atoms with Crippen LogP contribution in [0, 0.1) is 5.92 Å². The molecule has 2 unspecified atom stereocenters. The van der Waals surface area contributed by atoms with Crippen LogP contribution in [0.2, 0.25) is 0 Å². The standard InChI is InChI=1S/C14H14BrCl.C3H6/c1-3-11-9(2)14(16)12-7-5-4-6-10(12)8-13(11)15;1-3-2/h3-9,14H,1-2H3;3H,1H2,2H3/b11-3+;. The number of hydrogen-bond donors (Lipinski definition) is 0. The van der Waals surface area contributed by atoms with E-state index < -0.39 is 0 Å². The first-order valence-electron chi connectivity index (χ1n) is 6.40. The number of alkyl halides is 1. The Morgan fingerprint density at radius 1 is 1.26 bits per heavy atom. The van der Waals surface area contributed by atoms with Crippen LogP contribution in [0.25, 0.3) is 6.08 Å². The highest BCUT2D eigenvalue weighted by atomic mass is 79.9. The van der Waals surface area contributed by atoms with E-state index in [1.807, 2.05) is 19.1 Å². The first-order valence-corrected chi connectivity index (χ1v) is 7.63. The van der Waals surface area contributed by atoms with E-state index in [0.717, 1.165) is 4.48 Å². The predicted octanol–water partition coefficient (Wildman–Crippen LogP) is 6.49. The van der Waals surface area contributed by atoms with Crippen molar-refractivity contribution in [3.8, 4) is 0 Å². The minimum absolute atomic E-state index is 0.0358. The number of halogens is 2. The SMILES string of the molecule is C/C=C1/C(Br)=Cc2ccccc2C(Cl)C1C.C=CC. The summed E-state index contributed by atoms with van der Waals surface area (Å²) in [5.41, 5.74) is 3.69. The van der Waals surface area contributed by atoms with Crippen molar-refractivity contribution in [1.82, 2.24) is 0 Å². The van der Waals surface area contributed by atoms with Gasteiger partial charge in [0.2, 0.25) is 0 Å². The lowest BCUT2D eigenvalue weighted by molar-refractivity contribution is 0.669. The lowest BCUT2D eigenvalue weighted by atomic mass is 9.94. The third-order valence-electron chi connectivity index (χ3n) is 3.09. The summed E-state index contributed by atoms with van der Waals surface area (Å²) in [6.45, 7) is 9.48. The van der Waals surface area contributed by atoms with E-state index in [-0.39, 0.29) is 5.38 Å². The maximum atomic E-state index is 6.55. The molecule has 0 bridgehead atoms. The Hall–Kier alpha value is -0.790. The van der Waals surface area contributed by atoms with Gasteiger partial charge < -0.3 is 0 Å². The normalized spacial score (nSPS) is 23.6. The molecule has 0 heterocycles. The zero-order valence-electron chi connectivity index (χ0n) is 11.7. The first-order chi connectivity index (χ1) is 9.06. The van der Waals surface area contributed by atoms with Crippen molar-refractivity contribution in [1.29, 1.82) is 0 Å². The quantitative estimate of drug-likeness (QED) is 0.374. The van der Waals surface area contributed by atoms with Gasteiger partial charge in [-0.05, 0) is 36.6 Å². The minimum Gasteiger partial charge on any atom is -0.117 e. The second-order valence-corrected chi connectivity index (χ2v) is 5.79. The maximum absolute atomic E-state index is 6.55. The van der Waals surface area contributed by atoms with Crippen molar-refractivity contribution >= 4 is 33.6 Å². The molecule has 2 rings (SSSR count). The van der Waals surface area contributed by atoms with Gasteiger partial charge in [0.05, 0.1) is 5.38 Å². The third-order valence-corrected chi connectivity index (χ3v) is 4.39. The molecule has 0 fully saturated rings. The number of fused-ring (bicyclic) bond motifs is 1. The molecule has 1 aromatic carbocycles. The molecule has 0 saturated carbocycles. The van der Waals surface area contributed by atoms with Crippen LogP contribution in [0.15, 0.2) is 53.1 Å². The van der Waals surface area contributed by atoms with Gasteiger partial charge in [0.1, 0.15) is 0 Å². The summed E-state index contributed by atoms with van der Waals surface area (Å²) in [5.74, 6) is 0.320. The monoisotopic (exact) mass is 338 g/mol. The Morgan fingerprint density at radius 3 is 2.42 bits per heavy atom. The number of rotatable bonds is 0. The van der Waals surface area contributed by atoms with Gasteiger partial charge in [0.15, 0.2) is 0 Å². The Kier molecular flexibility index (Phi) is 6.60. The van der Waals surface area contributed by atoms with Gasteiger partial charge in [-0.3, -0.25) is 0 Å². The fourth-order valence-electron chi connectivity index (χ4n) is 2.16. The zero-order chi connectivity index (χ0) is 14.4. The van der Waals surface area contributed by atoms with Crippen LogP contribution in [-0.2, 0) is 0 Å². The lowest BCUT2D eigenvalue weighted by Gasteiger charge is -2.19. The predicted molar refractivity (Wildman–Crippen MR) is 90.7 cm³/mol. The number of benzene rings is 1. The second kappa shape index (κ2) is 7.72. The molecule has 2 atom stereocenters. The molecule has 102 valence electrons. The maximum Gasteiger partial charge on any atom is 0.0657 e. The third kappa shape index (κ3) is 3.84. The van der Waals surface area contributed by atoms with E-state index in [9.17, 15) is 0 Å². The topological polar surface area (TPSA) is 0 Å². The summed E-state index contributed by atoms with van der Waals surface area (Å²) in [5, 5.41) is 0.0358. The lowest BCUT2D eigenvalue weighted by Crippen LogP contribution is -2.06. The van der Waals surface area contributed by atoms with E-state index in [4.69, 9.17) is 11.6 Å². The summed E-state index contributed by atoms with van der Waals surface area (Å²) in [6.07, 6.45) is 6.04. The molecule has 2 heteroatoms. The molecule has 1 aliphatic rings. The molecular formula is C17H20BrCl. The number of hydrogen-bond acceptors (Lipinski definition) is 0. The molecule has 0 aliphatic heterocycles. The molecule has 0 amide bonds. The smallest absolute Gasteiger partial charge is 0.0657 e. The zero-order valence-corrected chi connectivity index (χ0v) is 14.0.